The summed E-state index contributed by atoms with van der Waals surface area (Å²) in [5, 5.41) is 0. The number of nitrogens with zero attached hydrogens (tertiary/aromatic N) is 2. The molecule has 1 fully saturated rings. The van der Waals surface area contributed by atoms with Crippen molar-refractivity contribution in [2.75, 3.05) is 39.8 Å². The van der Waals surface area contributed by atoms with Crippen molar-refractivity contribution >= 4 is 13.9 Å². The van der Waals surface area contributed by atoms with E-state index in [9.17, 15) is 4.79 Å². The van der Waals surface area contributed by atoms with Crippen LogP contribution in [0, 0.1) is 5.92 Å². The van der Waals surface area contributed by atoms with Crippen LogP contribution in [-0.4, -0.2) is 63.6 Å². The largest absolute Gasteiger partial charge is 0.443 e. The SMILES string of the molecule is BCCN(C)CCC1CCN(C(=O)OC/C(N)=C/NN)C1. The second-order valence-electron chi connectivity index (χ2n) is 5.63. The van der Waals surface area contributed by atoms with Crippen LogP contribution in [-0.2, 0) is 4.74 Å². The number of hydrazine groups is 1. The van der Waals surface area contributed by atoms with E-state index in [1.807, 2.05) is 0 Å². The predicted octanol–water partition coefficient (Wildman–Crippen LogP) is -0.918. The second-order valence-corrected chi connectivity index (χ2v) is 5.63. The van der Waals surface area contributed by atoms with Crippen molar-refractivity contribution < 1.29 is 9.53 Å². The topological polar surface area (TPSA) is 96.8 Å². The molecule has 0 spiro atoms. The quantitative estimate of drug-likeness (QED) is 0.305. The second kappa shape index (κ2) is 9.52. The summed E-state index contributed by atoms with van der Waals surface area (Å²) in [5.74, 6) is 5.66. The maximum Gasteiger partial charge on any atom is 0.410 e. The van der Waals surface area contributed by atoms with E-state index < -0.39 is 0 Å². The van der Waals surface area contributed by atoms with E-state index in [-0.39, 0.29) is 12.7 Å². The Kier molecular flexibility index (Phi) is 8.00. The molecule has 7 nitrogen and oxygen atoms in total. The van der Waals surface area contributed by atoms with Gasteiger partial charge in [-0.15, -0.1) is 0 Å². The molecular formula is C13H28BN5O2. The summed E-state index contributed by atoms with van der Waals surface area (Å²) in [5.41, 5.74) is 8.29. The molecule has 1 aliphatic heterocycles. The Hall–Kier alpha value is -1.41. The number of hydrogen-bond donors (Lipinski definition) is 3. The van der Waals surface area contributed by atoms with Crippen LogP contribution < -0.4 is 17.0 Å². The molecule has 1 unspecified atom stereocenters. The molecular weight excluding hydrogens is 269 g/mol. The van der Waals surface area contributed by atoms with Crippen molar-refractivity contribution in [1.29, 1.82) is 0 Å². The number of nitrogens with one attached hydrogen (secondary N) is 1. The molecule has 1 heterocycles. The highest BCUT2D eigenvalue weighted by Crippen LogP contribution is 2.20. The lowest BCUT2D eigenvalue weighted by Gasteiger charge is -2.19. The summed E-state index contributed by atoms with van der Waals surface area (Å²) in [7, 11) is 4.33. The molecule has 1 saturated heterocycles. The summed E-state index contributed by atoms with van der Waals surface area (Å²) in [6.45, 7) is 3.80. The van der Waals surface area contributed by atoms with Crippen LogP contribution in [0.3, 0.4) is 0 Å². The summed E-state index contributed by atoms with van der Waals surface area (Å²) in [6.07, 6.45) is 4.45. The van der Waals surface area contributed by atoms with Gasteiger partial charge in [-0.2, -0.15) is 0 Å². The van der Waals surface area contributed by atoms with Crippen molar-refractivity contribution in [2.24, 2.45) is 17.5 Å². The maximum atomic E-state index is 11.9. The molecule has 0 aliphatic carbocycles. The number of nitrogens with two attached hydrogens (primary N) is 2. The van der Waals surface area contributed by atoms with Crippen molar-refractivity contribution in [3.63, 3.8) is 0 Å². The lowest BCUT2D eigenvalue weighted by Crippen LogP contribution is -2.31. The molecule has 5 N–H and O–H groups in total. The number of ether oxygens (including phenoxy) is 1. The number of carbonyl (C=O) groups excluding carboxylic acids is 1. The van der Waals surface area contributed by atoms with Crippen LogP contribution >= 0.6 is 0 Å². The van der Waals surface area contributed by atoms with Gasteiger partial charge in [0.2, 0.25) is 0 Å². The minimum atomic E-state index is -0.298. The predicted molar refractivity (Wildman–Crippen MR) is 86.1 cm³/mol. The molecule has 0 aromatic carbocycles. The van der Waals surface area contributed by atoms with E-state index in [0.717, 1.165) is 39.0 Å². The number of hydrogen-bond acceptors (Lipinski definition) is 6. The van der Waals surface area contributed by atoms with Crippen LogP contribution in [0.5, 0.6) is 0 Å². The highest BCUT2D eigenvalue weighted by molar-refractivity contribution is 6.08. The minimum Gasteiger partial charge on any atom is -0.443 e. The first kappa shape index (κ1) is 17.6. The van der Waals surface area contributed by atoms with Gasteiger partial charge in [-0.1, -0.05) is 6.32 Å². The third kappa shape index (κ3) is 6.72. The number of amides is 1. The summed E-state index contributed by atoms with van der Waals surface area (Å²) in [4.78, 5) is 16.0. The van der Waals surface area contributed by atoms with E-state index in [0.29, 0.717) is 11.6 Å². The molecule has 1 rings (SSSR count). The zero-order valence-electron chi connectivity index (χ0n) is 13.2. The first-order valence-electron chi connectivity index (χ1n) is 7.57. The van der Waals surface area contributed by atoms with Gasteiger partial charge in [0, 0.05) is 19.3 Å². The Balaban J connectivity index is 2.24. The molecule has 1 aliphatic rings. The third-order valence-electron chi connectivity index (χ3n) is 3.70. The van der Waals surface area contributed by atoms with Gasteiger partial charge in [-0.3, -0.25) is 5.84 Å². The lowest BCUT2D eigenvalue weighted by molar-refractivity contribution is 0.117. The Morgan fingerprint density at radius 2 is 2.33 bits per heavy atom. The van der Waals surface area contributed by atoms with Gasteiger partial charge in [-0.05, 0) is 38.9 Å². The minimum absolute atomic E-state index is 0.0590. The van der Waals surface area contributed by atoms with Crippen LogP contribution in [0.25, 0.3) is 0 Å². The fourth-order valence-electron chi connectivity index (χ4n) is 2.52. The van der Waals surface area contributed by atoms with Crippen molar-refractivity contribution in [3.05, 3.63) is 11.9 Å². The Bertz CT molecular complexity index is 353. The zero-order valence-corrected chi connectivity index (χ0v) is 13.2. The van der Waals surface area contributed by atoms with Gasteiger partial charge in [0.25, 0.3) is 0 Å². The van der Waals surface area contributed by atoms with Crippen LogP contribution in [0.2, 0.25) is 6.32 Å². The summed E-state index contributed by atoms with van der Waals surface area (Å²) in [6, 6.07) is 0. The Morgan fingerprint density at radius 1 is 1.57 bits per heavy atom. The lowest BCUT2D eigenvalue weighted by atomic mass is 10.0. The van der Waals surface area contributed by atoms with Crippen molar-refractivity contribution in [2.45, 2.75) is 19.2 Å². The van der Waals surface area contributed by atoms with Gasteiger partial charge in [-0.25, -0.2) is 4.79 Å². The van der Waals surface area contributed by atoms with Crippen LogP contribution in [0.4, 0.5) is 4.79 Å². The maximum absolute atomic E-state index is 11.9. The Labute approximate surface area is 128 Å². The van der Waals surface area contributed by atoms with Gasteiger partial charge in [0.1, 0.15) is 14.5 Å². The fraction of sp³-hybridized carbons (Fsp3) is 0.769. The van der Waals surface area contributed by atoms with Gasteiger partial charge < -0.3 is 25.7 Å². The van der Waals surface area contributed by atoms with Gasteiger partial charge in [0.05, 0.1) is 5.70 Å². The highest BCUT2D eigenvalue weighted by atomic mass is 16.6. The van der Waals surface area contributed by atoms with E-state index in [1.54, 1.807) is 4.90 Å². The molecule has 120 valence electrons. The molecule has 0 radical (unpaired) electrons. The van der Waals surface area contributed by atoms with Crippen molar-refractivity contribution in [1.82, 2.24) is 15.2 Å². The zero-order chi connectivity index (χ0) is 15.7. The first-order valence-corrected chi connectivity index (χ1v) is 7.57. The van der Waals surface area contributed by atoms with E-state index >= 15 is 0 Å². The molecule has 8 heteroatoms. The first-order chi connectivity index (χ1) is 10.1. The molecule has 1 amide bonds. The molecule has 0 aromatic rings. The number of likely N-dealkylation sites (tertiary alicyclic amines) is 1. The average molecular weight is 297 g/mol. The van der Waals surface area contributed by atoms with Gasteiger partial charge >= 0.3 is 6.09 Å². The van der Waals surface area contributed by atoms with Crippen molar-refractivity contribution in [3.8, 4) is 0 Å². The third-order valence-corrected chi connectivity index (χ3v) is 3.70. The monoisotopic (exact) mass is 297 g/mol. The average Bonchev–Trinajstić information content (AvgIpc) is 2.92. The fourth-order valence-corrected chi connectivity index (χ4v) is 2.52. The standard InChI is InChI=1S/C13H28BN5O2/c1-18(7-4-14)5-2-11-3-6-19(9-11)13(20)21-10-12(15)8-17-16/h8,11,17H,2-7,9-10,14-16H2,1H3/b12-8-. The molecule has 0 saturated carbocycles. The summed E-state index contributed by atoms with van der Waals surface area (Å²) >= 11 is 0. The van der Waals surface area contributed by atoms with E-state index in [1.165, 1.54) is 12.5 Å². The normalized spacial score (nSPS) is 19.1. The smallest absolute Gasteiger partial charge is 0.410 e. The van der Waals surface area contributed by atoms with Gasteiger partial charge in [0.15, 0.2) is 0 Å². The summed E-state index contributed by atoms with van der Waals surface area (Å²) < 4.78 is 5.14. The molecule has 0 bridgehead atoms. The molecule has 21 heavy (non-hydrogen) atoms. The Morgan fingerprint density at radius 3 is 3.00 bits per heavy atom. The highest BCUT2D eigenvalue weighted by Gasteiger charge is 2.27. The number of carbonyl (C=O) groups is 1. The van der Waals surface area contributed by atoms with E-state index in [2.05, 4.69) is 25.2 Å². The number of rotatable bonds is 8. The molecule has 1 atom stereocenters. The van der Waals surface area contributed by atoms with Crippen LogP contribution in [0.1, 0.15) is 12.8 Å². The van der Waals surface area contributed by atoms with Crippen LogP contribution in [0.15, 0.2) is 11.9 Å². The molecule has 0 aromatic heterocycles. The van der Waals surface area contributed by atoms with E-state index in [4.69, 9.17) is 16.3 Å².